The molecule has 0 aliphatic carbocycles. The van der Waals surface area contributed by atoms with E-state index in [4.69, 9.17) is 11.6 Å². The quantitative estimate of drug-likeness (QED) is 0.799. The Kier molecular flexibility index (Phi) is 3.96. The zero-order valence-electron chi connectivity index (χ0n) is 9.17. The van der Waals surface area contributed by atoms with Crippen LogP contribution in [0.15, 0.2) is 35.2 Å². The van der Waals surface area contributed by atoms with Gasteiger partial charge in [0.15, 0.2) is 0 Å². The number of benzene rings is 1. The fourth-order valence-electron chi connectivity index (χ4n) is 1.33. The lowest BCUT2D eigenvalue weighted by Gasteiger charge is -2.11. The van der Waals surface area contributed by atoms with Gasteiger partial charge in [0.1, 0.15) is 16.7 Å². The minimum absolute atomic E-state index is 0.0374. The van der Waals surface area contributed by atoms with Crippen molar-refractivity contribution in [1.82, 2.24) is 9.97 Å². The predicted octanol–water partition coefficient (Wildman–Crippen LogP) is 4.65. The molecule has 8 heteroatoms. The number of hydrogen-bond donors (Lipinski definition) is 1. The summed E-state index contributed by atoms with van der Waals surface area (Å²) >= 11 is 8.97. The van der Waals surface area contributed by atoms with E-state index < -0.39 is 11.7 Å². The zero-order valence-corrected chi connectivity index (χ0v) is 11.5. The minimum Gasteiger partial charge on any atom is -0.339 e. The van der Waals surface area contributed by atoms with Gasteiger partial charge >= 0.3 is 6.18 Å². The standard InChI is InChI=1S/C11H6BrClF3N3/c12-9-4-10(18-5-17-9)19-8-2-1-6(3-7(8)13)11(14,15)16/h1-5H,(H,17,18,19). The van der Waals surface area contributed by atoms with Gasteiger partial charge in [0.25, 0.3) is 0 Å². The Morgan fingerprint density at radius 1 is 1.16 bits per heavy atom. The van der Waals surface area contributed by atoms with Crippen LogP contribution in [0.25, 0.3) is 0 Å². The average molecular weight is 353 g/mol. The number of anilines is 2. The first-order valence-electron chi connectivity index (χ1n) is 4.97. The van der Waals surface area contributed by atoms with Gasteiger partial charge in [-0.15, -0.1) is 0 Å². The monoisotopic (exact) mass is 351 g/mol. The van der Waals surface area contributed by atoms with E-state index in [0.29, 0.717) is 16.1 Å². The highest BCUT2D eigenvalue weighted by molar-refractivity contribution is 9.10. The number of rotatable bonds is 2. The van der Waals surface area contributed by atoms with E-state index in [2.05, 4.69) is 31.2 Å². The highest BCUT2D eigenvalue weighted by atomic mass is 79.9. The molecule has 0 fully saturated rings. The Balaban J connectivity index is 2.27. The van der Waals surface area contributed by atoms with Crippen molar-refractivity contribution >= 4 is 39.0 Å². The maximum atomic E-state index is 12.5. The molecule has 2 aromatic rings. The number of halogens is 5. The highest BCUT2D eigenvalue weighted by Gasteiger charge is 2.30. The van der Waals surface area contributed by atoms with Crippen LogP contribution in [0, 0.1) is 0 Å². The zero-order chi connectivity index (χ0) is 14.0. The molecule has 0 saturated heterocycles. The summed E-state index contributed by atoms with van der Waals surface area (Å²) in [6.07, 6.45) is -3.11. The van der Waals surface area contributed by atoms with Crippen molar-refractivity contribution in [2.45, 2.75) is 6.18 Å². The van der Waals surface area contributed by atoms with Crippen LogP contribution < -0.4 is 5.32 Å². The van der Waals surface area contributed by atoms with Crippen molar-refractivity contribution in [3.05, 3.63) is 45.8 Å². The minimum atomic E-state index is -4.42. The lowest BCUT2D eigenvalue weighted by atomic mass is 10.2. The first kappa shape index (κ1) is 14.1. The van der Waals surface area contributed by atoms with Crippen LogP contribution in [0.3, 0.4) is 0 Å². The molecule has 1 heterocycles. The Bertz CT molecular complexity index is 604. The van der Waals surface area contributed by atoms with Crippen LogP contribution >= 0.6 is 27.5 Å². The molecule has 0 aliphatic rings. The molecular weight excluding hydrogens is 346 g/mol. The van der Waals surface area contributed by atoms with Crippen LogP contribution in [0.5, 0.6) is 0 Å². The molecule has 0 atom stereocenters. The van der Waals surface area contributed by atoms with Crippen molar-refractivity contribution in [3.63, 3.8) is 0 Å². The van der Waals surface area contributed by atoms with E-state index in [1.807, 2.05) is 0 Å². The van der Waals surface area contributed by atoms with Gasteiger partial charge in [0.05, 0.1) is 16.3 Å². The fourth-order valence-corrected chi connectivity index (χ4v) is 1.87. The summed E-state index contributed by atoms with van der Waals surface area (Å²) in [7, 11) is 0. The van der Waals surface area contributed by atoms with E-state index in [1.165, 1.54) is 12.4 Å². The molecule has 19 heavy (non-hydrogen) atoms. The van der Waals surface area contributed by atoms with Crippen LogP contribution in [0.1, 0.15) is 5.56 Å². The van der Waals surface area contributed by atoms with Gasteiger partial charge in [-0.3, -0.25) is 0 Å². The first-order chi connectivity index (χ1) is 8.86. The molecule has 1 N–H and O–H groups in total. The molecule has 3 nitrogen and oxygen atoms in total. The number of alkyl halides is 3. The average Bonchev–Trinajstić information content (AvgIpc) is 2.30. The topological polar surface area (TPSA) is 37.8 Å². The summed E-state index contributed by atoms with van der Waals surface area (Å²) in [5.74, 6) is 0.420. The molecule has 100 valence electrons. The third-order valence-corrected chi connectivity index (χ3v) is 2.94. The number of nitrogens with zero attached hydrogens (tertiary/aromatic N) is 2. The molecule has 0 amide bonds. The largest absolute Gasteiger partial charge is 0.416 e. The molecule has 0 aliphatic heterocycles. The van der Waals surface area contributed by atoms with E-state index in [9.17, 15) is 13.2 Å². The summed E-state index contributed by atoms with van der Waals surface area (Å²) in [5, 5.41) is 2.77. The Morgan fingerprint density at radius 3 is 2.47 bits per heavy atom. The van der Waals surface area contributed by atoms with Gasteiger partial charge in [-0.1, -0.05) is 11.6 Å². The Labute approximate surface area is 120 Å². The number of hydrogen-bond acceptors (Lipinski definition) is 3. The van der Waals surface area contributed by atoms with Gasteiger partial charge < -0.3 is 5.32 Å². The summed E-state index contributed by atoms with van der Waals surface area (Å²) in [5.41, 5.74) is -0.466. The second kappa shape index (κ2) is 5.34. The van der Waals surface area contributed by atoms with Crippen molar-refractivity contribution in [3.8, 4) is 0 Å². The maximum absolute atomic E-state index is 12.5. The molecule has 0 spiro atoms. The van der Waals surface area contributed by atoms with Crippen molar-refractivity contribution in [1.29, 1.82) is 0 Å². The summed E-state index contributed by atoms with van der Waals surface area (Å²) in [4.78, 5) is 7.75. The van der Waals surface area contributed by atoms with Gasteiger partial charge in [0.2, 0.25) is 0 Å². The fraction of sp³-hybridized carbons (Fsp3) is 0.0909. The van der Waals surface area contributed by atoms with Crippen LogP contribution in [-0.2, 0) is 6.18 Å². The second-order valence-electron chi connectivity index (χ2n) is 3.54. The lowest BCUT2D eigenvalue weighted by molar-refractivity contribution is -0.137. The molecule has 1 aromatic heterocycles. The van der Waals surface area contributed by atoms with Crippen molar-refractivity contribution in [2.24, 2.45) is 0 Å². The normalized spacial score (nSPS) is 11.4. The van der Waals surface area contributed by atoms with E-state index in [-0.39, 0.29) is 5.02 Å². The molecule has 0 bridgehead atoms. The number of nitrogens with one attached hydrogen (secondary N) is 1. The smallest absolute Gasteiger partial charge is 0.339 e. The Hall–Kier alpha value is -1.34. The molecular formula is C11H6BrClF3N3. The van der Waals surface area contributed by atoms with Crippen LogP contribution in [0.4, 0.5) is 24.7 Å². The molecule has 0 saturated carbocycles. The van der Waals surface area contributed by atoms with Gasteiger partial charge in [-0.25, -0.2) is 9.97 Å². The van der Waals surface area contributed by atoms with Crippen molar-refractivity contribution < 1.29 is 13.2 Å². The van der Waals surface area contributed by atoms with Crippen LogP contribution in [0.2, 0.25) is 5.02 Å². The highest BCUT2D eigenvalue weighted by Crippen LogP contribution is 2.34. The molecule has 2 rings (SSSR count). The Morgan fingerprint density at radius 2 is 1.89 bits per heavy atom. The van der Waals surface area contributed by atoms with Gasteiger partial charge in [-0.2, -0.15) is 13.2 Å². The number of aromatic nitrogens is 2. The van der Waals surface area contributed by atoms with Crippen molar-refractivity contribution in [2.75, 3.05) is 5.32 Å². The lowest BCUT2D eigenvalue weighted by Crippen LogP contribution is -2.05. The predicted molar refractivity (Wildman–Crippen MR) is 69.5 cm³/mol. The van der Waals surface area contributed by atoms with E-state index >= 15 is 0 Å². The van der Waals surface area contributed by atoms with E-state index in [1.54, 1.807) is 6.07 Å². The molecule has 1 aromatic carbocycles. The summed E-state index contributed by atoms with van der Waals surface area (Å²) < 4.78 is 38.0. The van der Waals surface area contributed by atoms with E-state index in [0.717, 1.165) is 12.1 Å². The summed E-state index contributed by atoms with van der Waals surface area (Å²) in [6.45, 7) is 0. The third kappa shape index (κ3) is 3.57. The molecule has 0 radical (unpaired) electrons. The maximum Gasteiger partial charge on any atom is 0.416 e. The third-order valence-electron chi connectivity index (χ3n) is 2.19. The first-order valence-corrected chi connectivity index (χ1v) is 6.14. The van der Waals surface area contributed by atoms with Crippen LogP contribution in [-0.4, -0.2) is 9.97 Å². The second-order valence-corrected chi connectivity index (χ2v) is 4.76. The molecule has 0 unspecified atom stereocenters. The van der Waals surface area contributed by atoms with Gasteiger partial charge in [-0.05, 0) is 34.1 Å². The SMILES string of the molecule is FC(F)(F)c1ccc(Nc2cc(Br)ncn2)c(Cl)c1. The summed E-state index contributed by atoms with van der Waals surface area (Å²) in [6, 6.07) is 4.64. The van der Waals surface area contributed by atoms with Gasteiger partial charge in [0, 0.05) is 6.07 Å².